The van der Waals surface area contributed by atoms with E-state index in [1.54, 1.807) is 19.9 Å². The van der Waals surface area contributed by atoms with Gasteiger partial charge in [-0.2, -0.15) is 17.0 Å². The Morgan fingerprint density at radius 3 is 2.79 bits per heavy atom. The van der Waals surface area contributed by atoms with Crippen LogP contribution in [0.25, 0.3) is 0 Å². The Labute approximate surface area is 118 Å². The van der Waals surface area contributed by atoms with Crippen molar-refractivity contribution in [3.63, 3.8) is 0 Å². The second kappa shape index (κ2) is 5.14. The molecule has 106 valence electrons. The van der Waals surface area contributed by atoms with E-state index in [0.717, 1.165) is 19.5 Å². The molecule has 0 aromatic carbocycles. The smallest absolute Gasteiger partial charge is 0.282 e. The summed E-state index contributed by atoms with van der Waals surface area (Å²) in [4.78, 5) is 1.33. The lowest BCUT2D eigenvalue weighted by Crippen LogP contribution is -2.53. The standard InChI is InChI=1S/C12H19N3O2S2/c1-10-11-3-9-18-12(11)2-6-15(10)19(16,17)14-7-4-13-5-8-14/h3,9-10,13H,2,4-8H2,1H3. The maximum atomic E-state index is 12.7. The molecule has 1 fully saturated rings. The van der Waals surface area contributed by atoms with Gasteiger partial charge in [0.15, 0.2) is 0 Å². The molecule has 0 spiro atoms. The summed E-state index contributed by atoms with van der Waals surface area (Å²) < 4.78 is 28.7. The highest BCUT2D eigenvalue weighted by Gasteiger charge is 2.37. The second-order valence-electron chi connectivity index (χ2n) is 4.99. The Kier molecular flexibility index (Phi) is 3.65. The third kappa shape index (κ3) is 2.34. The first-order valence-corrected chi connectivity index (χ1v) is 8.92. The van der Waals surface area contributed by atoms with E-state index in [-0.39, 0.29) is 6.04 Å². The average Bonchev–Trinajstić information content (AvgIpc) is 2.89. The van der Waals surface area contributed by atoms with Gasteiger partial charge < -0.3 is 5.32 Å². The van der Waals surface area contributed by atoms with Crippen molar-refractivity contribution in [2.75, 3.05) is 32.7 Å². The highest BCUT2D eigenvalue weighted by molar-refractivity contribution is 7.86. The van der Waals surface area contributed by atoms with E-state index >= 15 is 0 Å². The van der Waals surface area contributed by atoms with Crippen LogP contribution in [0.4, 0.5) is 0 Å². The van der Waals surface area contributed by atoms with Crippen molar-refractivity contribution in [1.29, 1.82) is 0 Å². The number of fused-ring (bicyclic) bond motifs is 1. The first-order chi connectivity index (χ1) is 9.10. The summed E-state index contributed by atoms with van der Waals surface area (Å²) in [5.41, 5.74) is 1.18. The normalized spacial score (nSPS) is 26.3. The minimum Gasteiger partial charge on any atom is -0.314 e. The van der Waals surface area contributed by atoms with Crippen LogP contribution in [-0.2, 0) is 16.6 Å². The van der Waals surface area contributed by atoms with Crippen LogP contribution >= 0.6 is 11.3 Å². The predicted molar refractivity (Wildman–Crippen MR) is 76.5 cm³/mol. The Balaban J connectivity index is 1.86. The molecule has 1 unspecified atom stereocenters. The molecule has 1 aromatic rings. The second-order valence-corrected chi connectivity index (χ2v) is 7.87. The first kappa shape index (κ1) is 13.5. The van der Waals surface area contributed by atoms with Gasteiger partial charge in [0.1, 0.15) is 0 Å². The molecule has 0 amide bonds. The molecule has 0 saturated carbocycles. The van der Waals surface area contributed by atoms with Crippen molar-refractivity contribution in [1.82, 2.24) is 13.9 Å². The molecule has 19 heavy (non-hydrogen) atoms. The topological polar surface area (TPSA) is 52.7 Å². The van der Waals surface area contributed by atoms with Gasteiger partial charge in [0.05, 0.1) is 0 Å². The summed E-state index contributed by atoms with van der Waals surface area (Å²) >= 11 is 1.73. The monoisotopic (exact) mass is 301 g/mol. The third-order valence-electron chi connectivity index (χ3n) is 3.92. The number of hydrogen-bond donors (Lipinski definition) is 1. The number of thiophene rings is 1. The van der Waals surface area contributed by atoms with Crippen LogP contribution < -0.4 is 5.32 Å². The van der Waals surface area contributed by atoms with Gasteiger partial charge in [-0.3, -0.25) is 0 Å². The molecule has 1 N–H and O–H groups in total. The van der Waals surface area contributed by atoms with Crippen LogP contribution in [0.3, 0.4) is 0 Å². The van der Waals surface area contributed by atoms with Gasteiger partial charge in [0.2, 0.25) is 0 Å². The molecular formula is C12H19N3O2S2. The lowest BCUT2D eigenvalue weighted by atomic mass is 10.0. The van der Waals surface area contributed by atoms with Gasteiger partial charge in [-0.25, -0.2) is 0 Å². The molecule has 3 heterocycles. The Hall–Kier alpha value is -0.470. The number of nitrogens with one attached hydrogen (secondary N) is 1. The van der Waals surface area contributed by atoms with E-state index < -0.39 is 10.2 Å². The van der Waals surface area contributed by atoms with Crippen molar-refractivity contribution in [2.24, 2.45) is 0 Å². The van der Waals surface area contributed by atoms with E-state index in [0.29, 0.717) is 19.6 Å². The number of hydrogen-bond acceptors (Lipinski definition) is 4. The number of piperazine rings is 1. The van der Waals surface area contributed by atoms with Gasteiger partial charge in [-0.15, -0.1) is 11.3 Å². The lowest BCUT2D eigenvalue weighted by molar-refractivity contribution is 0.274. The molecule has 1 saturated heterocycles. The lowest BCUT2D eigenvalue weighted by Gasteiger charge is -2.37. The number of rotatable bonds is 2. The molecule has 3 rings (SSSR count). The molecular weight excluding hydrogens is 282 g/mol. The maximum Gasteiger partial charge on any atom is 0.282 e. The van der Waals surface area contributed by atoms with Crippen molar-refractivity contribution < 1.29 is 8.42 Å². The molecule has 1 aromatic heterocycles. The average molecular weight is 301 g/mol. The fourth-order valence-corrected chi connectivity index (χ4v) is 5.56. The van der Waals surface area contributed by atoms with E-state index in [1.165, 1.54) is 10.4 Å². The molecule has 0 bridgehead atoms. The molecule has 2 aliphatic rings. The minimum atomic E-state index is -3.32. The van der Waals surface area contributed by atoms with Crippen molar-refractivity contribution in [3.05, 3.63) is 21.9 Å². The van der Waals surface area contributed by atoms with Gasteiger partial charge in [0, 0.05) is 43.6 Å². The molecule has 0 radical (unpaired) electrons. The molecule has 5 nitrogen and oxygen atoms in total. The van der Waals surface area contributed by atoms with E-state index in [2.05, 4.69) is 16.8 Å². The van der Waals surface area contributed by atoms with Gasteiger partial charge in [0.25, 0.3) is 10.2 Å². The minimum absolute atomic E-state index is 0.0464. The quantitative estimate of drug-likeness (QED) is 0.880. The van der Waals surface area contributed by atoms with Crippen LogP contribution in [0.2, 0.25) is 0 Å². The third-order valence-corrected chi connectivity index (χ3v) is 7.03. The van der Waals surface area contributed by atoms with Crippen molar-refractivity contribution >= 4 is 21.5 Å². The van der Waals surface area contributed by atoms with Crippen LogP contribution in [0.15, 0.2) is 11.4 Å². The van der Waals surface area contributed by atoms with Crippen LogP contribution in [-0.4, -0.2) is 49.8 Å². The van der Waals surface area contributed by atoms with Crippen molar-refractivity contribution in [2.45, 2.75) is 19.4 Å². The summed E-state index contributed by atoms with van der Waals surface area (Å²) in [6.07, 6.45) is 0.836. The summed E-state index contributed by atoms with van der Waals surface area (Å²) in [5.74, 6) is 0. The summed E-state index contributed by atoms with van der Waals surface area (Å²) in [6.45, 7) is 5.21. The zero-order valence-corrected chi connectivity index (χ0v) is 12.6. The Morgan fingerprint density at radius 2 is 2.05 bits per heavy atom. The van der Waals surface area contributed by atoms with Crippen LogP contribution in [0, 0.1) is 0 Å². The zero-order chi connectivity index (χ0) is 13.5. The fourth-order valence-electron chi connectivity index (χ4n) is 2.82. The SMILES string of the molecule is CC1c2ccsc2CCN1S(=O)(=O)N1CCNCC1. The van der Waals surface area contributed by atoms with E-state index in [9.17, 15) is 8.42 Å². The number of nitrogens with zero attached hydrogens (tertiary/aromatic N) is 2. The van der Waals surface area contributed by atoms with E-state index in [1.807, 2.05) is 6.92 Å². The predicted octanol–water partition coefficient (Wildman–Crippen LogP) is 0.817. The zero-order valence-electron chi connectivity index (χ0n) is 11.0. The van der Waals surface area contributed by atoms with E-state index in [4.69, 9.17) is 0 Å². The van der Waals surface area contributed by atoms with Crippen LogP contribution in [0.5, 0.6) is 0 Å². The Bertz CT molecular complexity index is 549. The largest absolute Gasteiger partial charge is 0.314 e. The van der Waals surface area contributed by atoms with Crippen molar-refractivity contribution in [3.8, 4) is 0 Å². The fraction of sp³-hybridized carbons (Fsp3) is 0.667. The molecule has 0 aliphatic carbocycles. The Morgan fingerprint density at radius 1 is 1.32 bits per heavy atom. The first-order valence-electron chi connectivity index (χ1n) is 6.64. The maximum absolute atomic E-state index is 12.7. The van der Waals surface area contributed by atoms with Gasteiger partial charge in [-0.05, 0) is 30.4 Å². The summed E-state index contributed by atoms with van der Waals surface area (Å²) in [5, 5.41) is 5.25. The highest BCUT2D eigenvalue weighted by atomic mass is 32.2. The van der Waals surface area contributed by atoms with Crippen LogP contribution in [0.1, 0.15) is 23.4 Å². The summed E-state index contributed by atoms with van der Waals surface area (Å²) in [6, 6.07) is 2.01. The molecule has 1 atom stereocenters. The van der Waals surface area contributed by atoms with Gasteiger partial charge in [-0.1, -0.05) is 0 Å². The highest BCUT2D eigenvalue weighted by Crippen LogP contribution is 2.35. The van der Waals surface area contributed by atoms with Gasteiger partial charge >= 0.3 is 0 Å². The molecule has 2 aliphatic heterocycles. The molecule has 7 heteroatoms. The summed E-state index contributed by atoms with van der Waals surface area (Å²) in [7, 11) is -3.32.